The monoisotopic (exact) mass is 214 g/mol. The van der Waals surface area contributed by atoms with Crippen LogP contribution in [0.2, 0.25) is 0 Å². The summed E-state index contributed by atoms with van der Waals surface area (Å²) in [5.41, 5.74) is 0. The van der Waals surface area contributed by atoms with Crippen molar-refractivity contribution >= 4 is 0 Å². The molecule has 0 aromatic heterocycles. The van der Waals surface area contributed by atoms with Crippen molar-refractivity contribution in [1.29, 1.82) is 0 Å². The van der Waals surface area contributed by atoms with Crippen molar-refractivity contribution in [3.05, 3.63) is 0 Å². The highest BCUT2D eigenvalue weighted by atomic mass is 16.6. The molecule has 1 saturated carbocycles. The van der Waals surface area contributed by atoms with Gasteiger partial charge in [-0.1, -0.05) is 19.3 Å². The van der Waals surface area contributed by atoms with Gasteiger partial charge in [0.25, 0.3) is 0 Å². The summed E-state index contributed by atoms with van der Waals surface area (Å²) in [6, 6.07) is 0. The summed E-state index contributed by atoms with van der Waals surface area (Å²) in [7, 11) is 0. The molecule has 2 fully saturated rings. The number of hydrogen-bond donors (Lipinski definition) is 0. The van der Waals surface area contributed by atoms with E-state index in [0.29, 0.717) is 25.9 Å². The summed E-state index contributed by atoms with van der Waals surface area (Å²) in [4.78, 5) is 0. The van der Waals surface area contributed by atoms with E-state index in [1.165, 1.54) is 32.1 Å². The van der Waals surface area contributed by atoms with Crippen LogP contribution >= 0.6 is 0 Å². The van der Waals surface area contributed by atoms with E-state index in [-0.39, 0.29) is 0 Å². The van der Waals surface area contributed by atoms with E-state index in [0.717, 1.165) is 19.1 Å². The maximum Gasteiger partial charge on any atom is 0.0837 e. The molecule has 0 N–H and O–H groups in total. The molecule has 1 aliphatic heterocycles. The van der Waals surface area contributed by atoms with Crippen molar-refractivity contribution in [1.82, 2.24) is 0 Å². The summed E-state index contributed by atoms with van der Waals surface area (Å²) in [5, 5.41) is 0. The Kier molecular flexibility index (Phi) is 4.90. The molecule has 0 aromatic carbocycles. The van der Waals surface area contributed by atoms with Crippen LogP contribution in [0.1, 0.15) is 32.1 Å². The zero-order valence-corrected chi connectivity index (χ0v) is 9.45. The standard InChI is InChI=1S/C12H22O3/c1-2-4-11(5-3-1)12-10-14-7-6-13-8-9-15-12/h11-12H,1-10H2. The number of ether oxygens (including phenoxy) is 3. The van der Waals surface area contributed by atoms with Crippen LogP contribution in [0.15, 0.2) is 0 Å². The molecule has 1 unspecified atom stereocenters. The maximum absolute atomic E-state index is 5.85. The predicted molar refractivity (Wildman–Crippen MR) is 58.0 cm³/mol. The third-order valence-corrected chi connectivity index (χ3v) is 3.39. The molecule has 1 atom stereocenters. The van der Waals surface area contributed by atoms with E-state index in [2.05, 4.69) is 0 Å². The van der Waals surface area contributed by atoms with Crippen LogP contribution in [0, 0.1) is 5.92 Å². The molecule has 3 nitrogen and oxygen atoms in total. The van der Waals surface area contributed by atoms with Crippen molar-refractivity contribution in [2.45, 2.75) is 38.2 Å². The minimum absolute atomic E-state index is 0.312. The van der Waals surface area contributed by atoms with Crippen LogP contribution in [0.4, 0.5) is 0 Å². The van der Waals surface area contributed by atoms with E-state index in [4.69, 9.17) is 14.2 Å². The SMILES string of the molecule is C1CCC(C2COCCOCCO2)CC1. The van der Waals surface area contributed by atoms with Crippen molar-refractivity contribution in [3.8, 4) is 0 Å². The van der Waals surface area contributed by atoms with Crippen LogP contribution in [-0.4, -0.2) is 39.1 Å². The summed E-state index contributed by atoms with van der Waals surface area (Å²) >= 11 is 0. The molecule has 0 amide bonds. The third kappa shape index (κ3) is 3.74. The highest BCUT2D eigenvalue weighted by Crippen LogP contribution is 2.28. The average Bonchev–Trinajstić information content (AvgIpc) is 2.43. The second-order valence-corrected chi connectivity index (χ2v) is 4.49. The van der Waals surface area contributed by atoms with E-state index >= 15 is 0 Å². The topological polar surface area (TPSA) is 27.7 Å². The highest BCUT2D eigenvalue weighted by molar-refractivity contribution is 4.74. The quantitative estimate of drug-likeness (QED) is 0.668. The molecule has 15 heavy (non-hydrogen) atoms. The molecule has 3 heteroatoms. The van der Waals surface area contributed by atoms with Gasteiger partial charge < -0.3 is 14.2 Å². The third-order valence-electron chi connectivity index (χ3n) is 3.39. The lowest BCUT2D eigenvalue weighted by atomic mass is 9.85. The van der Waals surface area contributed by atoms with Gasteiger partial charge in [0, 0.05) is 0 Å². The predicted octanol–water partition coefficient (Wildman–Crippen LogP) is 2.00. The molecule has 0 aromatic rings. The minimum Gasteiger partial charge on any atom is -0.377 e. The fraction of sp³-hybridized carbons (Fsp3) is 1.00. The molecule has 1 heterocycles. The van der Waals surface area contributed by atoms with Gasteiger partial charge in [-0.05, 0) is 18.8 Å². The second kappa shape index (κ2) is 6.46. The lowest BCUT2D eigenvalue weighted by Gasteiger charge is -2.29. The number of rotatable bonds is 1. The first-order chi connectivity index (χ1) is 7.47. The van der Waals surface area contributed by atoms with E-state index in [1.807, 2.05) is 0 Å². The van der Waals surface area contributed by atoms with Crippen molar-refractivity contribution in [3.63, 3.8) is 0 Å². The van der Waals surface area contributed by atoms with Crippen LogP contribution in [0.25, 0.3) is 0 Å². The molecule has 2 aliphatic rings. The molecule has 1 aliphatic carbocycles. The van der Waals surface area contributed by atoms with Crippen molar-refractivity contribution < 1.29 is 14.2 Å². The van der Waals surface area contributed by atoms with Crippen molar-refractivity contribution in [2.24, 2.45) is 5.92 Å². The summed E-state index contributed by atoms with van der Waals surface area (Å²) < 4.78 is 16.8. The zero-order chi connectivity index (χ0) is 10.3. The Morgan fingerprint density at radius 1 is 0.733 bits per heavy atom. The van der Waals surface area contributed by atoms with Gasteiger partial charge in [-0.3, -0.25) is 0 Å². The first kappa shape index (κ1) is 11.4. The van der Waals surface area contributed by atoms with E-state index < -0.39 is 0 Å². The average molecular weight is 214 g/mol. The molecule has 2 rings (SSSR count). The first-order valence-electron chi connectivity index (χ1n) is 6.24. The normalized spacial score (nSPS) is 31.6. The van der Waals surface area contributed by atoms with Crippen LogP contribution in [-0.2, 0) is 14.2 Å². The summed E-state index contributed by atoms with van der Waals surface area (Å²) in [6.07, 6.45) is 7.06. The van der Waals surface area contributed by atoms with Crippen LogP contribution in [0.3, 0.4) is 0 Å². The Morgan fingerprint density at radius 2 is 1.47 bits per heavy atom. The van der Waals surface area contributed by atoms with Crippen LogP contribution in [0.5, 0.6) is 0 Å². The summed E-state index contributed by atoms with van der Waals surface area (Å²) in [6.45, 7) is 3.62. The second-order valence-electron chi connectivity index (χ2n) is 4.49. The fourth-order valence-electron chi connectivity index (χ4n) is 2.50. The Balaban J connectivity index is 1.80. The van der Waals surface area contributed by atoms with Gasteiger partial charge in [0.05, 0.1) is 39.1 Å². The lowest BCUT2D eigenvalue weighted by molar-refractivity contribution is -0.0473. The lowest BCUT2D eigenvalue weighted by Crippen LogP contribution is -2.31. The largest absolute Gasteiger partial charge is 0.377 e. The van der Waals surface area contributed by atoms with Gasteiger partial charge in [0.15, 0.2) is 0 Å². The fourth-order valence-corrected chi connectivity index (χ4v) is 2.50. The molecule has 0 bridgehead atoms. The van der Waals surface area contributed by atoms with Crippen LogP contribution < -0.4 is 0 Å². The van der Waals surface area contributed by atoms with E-state index in [9.17, 15) is 0 Å². The van der Waals surface area contributed by atoms with Gasteiger partial charge in [-0.2, -0.15) is 0 Å². The smallest absolute Gasteiger partial charge is 0.0837 e. The Labute approximate surface area is 92.1 Å². The molecular weight excluding hydrogens is 192 g/mol. The number of hydrogen-bond acceptors (Lipinski definition) is 3. The van der Waals surface area contributed by atoms with Gasteiger partial charge >= 0.3 is 0 Å². The maximum atomic E-state index is 5.85. The molecule has 0 radical (unpaired) electrons. The van der Waals surface area contributed by atoms with Gasteiger partial charge in [-0.25, -0.2) is 0 Å². The first-order valence-corrected chi connectivity index (χ1v) is 6.24. The Morgan fingerprint density at radius 3 is 2.33 bits per heavy atom. The van der Waals surface area contributed by atoms with Gasteiger partial charge in [0.2, 0.25) is 0 Å². The van der Waals surface area contributed by atoms with Crippen molar-refractivity contribution in [2.75, 3.05) is 33.0 Å². The molecule has 0 spiro atoms. The minimum atomic E-state index is 0.312. The molecular formula is C12H22O3. The summed E-state index contributed by atoms with van der Waals surface area (Å²) in [5.74, 6) is 0.719. The highest BCUT2D eigenvalue weighted by Gasteiger charge is 2.24. The van der Waals surface area contributed by atoms with E-state index in [1.54, 1.807) is 0 Å². The Hall–Kier alpha value is -0.120. The molecule has 88 valence electrons. The Bertz CT molecular complexity index is 156. The molecule has 1 saturated heterocycles. The van der Waals surface area contributed by atoms with Gasteiger partial charge in [-0.15, -0.1) is 0 Å². The van der Waals surface area contributed by atoms with Gasteiger partial charge in [0.1, 0.15) is 0 Å². The zero-order valence-electron chi connectivity index (χ0n) is 9.45.